The van der Waals surface area contributed by atoms with Crippen LogP contribution in [0.5, 0.6) is 11.5 Å². The lowest BCUT2D eigenvalue weighted by molar-refractivity contribution is 0.0784. The summed E-state index contributed by atoms with van der Waals surface area (Å²) < 4.78 is 21.2. The van der Waals surface area contributed by atoms with Crippen LogP contribution in [0.3, 0.4) is 0 Å². The molecule has 0 radical (unpaired) electrons. The van der Waals surface area contributed by atoms with Crippen molar-refractivity contribution in [2.45, 2.75) is 13.5 Å². The van der Waals surface area contributed by atoms with E-state index >= 15 is 0 Å². The van der Waals surface area contributed by atoms with Crippen molar-refractivity contribution in [1.29, 1.82) is 0 Å². The summed E-state index contributed by atoms with van der Waals surface area (Å²) in [6, 6.07) is 13.5. The third kappa shape index (κ3) is 7.68. The Kier molecular flexibility index (Phi) is 10.7. The van der Waals surface area contributed by atoms with Crippen LogP contribution in [0.2, 0.25) is 0 Å². The highest BCUT2D eigenvalue weighted by Gasteiger charge is 2.23. The van der Waals surface area contributed by atoms with Gasteiger partial charge in [-0.3, -0.25) is 4.79 Å². The second-order valence-electron chi connectivity index (χ2n) is 9.59. The van der Waals surface area contributed by atoms with Crippen LogP contribution in [0, 0.1) is 6.92 Å². The van der Waals surface area contributed by atoms with Crippen molar-refractivity contribution in [2.24, 2.45) is 0 Å². The van der Waals surface area contributed by atoms with Gasteiger partial charge in [-0.1, -0.05) is 24.3 Å². The highest BCUT2D eigenvalue weighted by molar-refractivity contribution is 6.00. The molecule has 0 spiro atoms. The molecule has 0 saturated carbocycles. The first kappa shape index (κ1) is 29.3. The Morgan fingerprint density at radius 3 is 2.23 bits per heavy atom. The van der Waals surface area contributed by atoms with Crippen molar-refractivity contribution in [3.05, 3.63) is 65.4 Å². The van der Waals surface area contributed by atoms with Crippen LogP contribution < -0.4 is 19.7 Å². The topological polar surface area (TPSA) is 98.3 Å². The zero-order valence-corrected chi connectivity index (χ0v) is 23.8. The Hall–Kier alpha value is -3.73. The molecule has 5 rings (SSSR count). The number of amides is 1. The molecule has 1 N–H and O–H groups in total. The normalized spacial score (nSPS) is 15.1. The first-order valence-electron chi connectivity index (χ1n) is 13.5. The van der Waals surface area contributed by atoms with E-state index in [4.69, 9.17) is 23.9 Å². The van der Waals surface area contributed by atoms with E-state index in [-0.39, 0.29) is 5.91 Å². The predicted octanol–water partition coefficient (Wildman–Crippen LogP) is 3.18. The monoisotopic (exact) mass is 549 g/mol. The number of carbonyl (C=O) groups is 1. The van der Waals surface area contributed by atoms with Crippen molar-refractivity contribution in [3.8, 4) is 22.8 Å². The quantitative estimate of drug-likeness (QED) is 0.477. The zero-order chi connectivity index (χ0) is 28.3. The Bertz CT molecular complexity index is 1230. The molecule has 10 heteroatoms. The lowest BCUT2D eigenvalue weighted by Gasteiger charge is -2.27. The third-order valence-electron chi connectivity index (χ3n) is 6.72. The van der Waals surface area contributed by atoms with Crippen molar-refractivity contribution in [2.75, 3.05) is 78.8 Å². The van der Waals surface area contributed by atoms with Gasteiger partial charge < -0.3 is 34.1 Å². The number of carbonyl (C=O) groups excluding carboxylic acids is 1. The molecule has 2 fully saturated rings. The fourth-order valence-electron chi connectivity index (χ4n) is 4.51. The molecule has 0 unspecified atom stereocenters. The summed E-state index contributed by atoms with van der Waals surface area (Å²) in [5, 5.41) is 3.16. The molecule has 0 aliphatic carbocycles. The molecule has 2 aliphatic heterocycles. The molecule has 214 valence electrons. The molecule has 10 nitrogen and oxygen atoms in total. The molecule has 2 saturated heterocycles. The Labute approximate surface area is 236 Å². The molecule has 1 amide bonds. The summed E-state index contributed by atoms with van der Waals surface area (Å²) in [6.07, 6.45) is 1.64. The minimum absolute atomic E-state index is 0.159. The number of aromatic nitrogens is 2. The molecule has 0 atom stereocenters. The number of methoxy groups -OCH3 is 2. The fourth-order valence-corrected chi connectivity index (χ4v) is 4.51. The first-order chi connectivity index (χ1) is 19.5. The van der Waals surface area contributed by atoms with E-state index in [1.165, 1.54) is 0 Å². The number of anilines is 1. The van der Waals surface area contributed by atoms with Gasteiger partial charge in [0.15, 0.2) is 0 Å². The van der Waals surface area contributed by atoms with Gasteiger partial charge >= 0.3 is 0 Å². The Morgan fingerprint density at radius 2 is 1.65 bits per heavy atom. The van der Waals surface area contributed by atoms with Crippen LogP contribution in [0.15, 0.2) is 48.7 Å². The van der Waals surface area contributed by atoms with Gasteiger partial charge in [-0.05, 0) is 30.2 Å². The minimum Gasteiger partial charge on any atom is -0.497 e. The molecule has 3 heterocycles. The van der Waals surface area contributed by atoms with Crippen molar-refractivity contribution in [3.63, 3.8) is 0 Å². The maximum absolute atomic E-state index is 13.6. The van der Waals surface area contributed by atoms with E-state index in [9.17, 15) is 4.79 Å². The standard InChI is InChI=1S/C26H30N4O4.C4H9NO/c1-18-7-5-6-8-22(18)24-23(16-27-26(28-24)30-9-11-34-12-10-30)25(31)29(2)17-19-13-20(32-3)15-21(14-19)33-4;1-3-6-4-2-5-1/h5-8,13-16H,9-12,17H2,1-4H3;5H,1-4H2. The fraction of sp³-hybridized carbons (Fsp3) is 0.433. The van der Waals surface area contributed by atoms with Crippen molar-refractivity contribution >= 4 is 11.9 Å². The van der Waals surface area contributed by atoms with E-state index in [2.05, 4.69) is 15.2 Å². The SMILES string of the molecule is C1COCCN1.COc1cc(CN(C)C(=O)c2cnc(N3CCOCC3)nc2-c2ccccc2C)cc(OC)c1. The van der Waals surface area contributed by atoms with E-state index in [0.29, 0.717) is 48.5 Å². The molecule has 40 heavy (non-hydrogen) atoms. The Balaban J connectivity index is 0.000000546. The minimum atomic E-state index is -0.159. The molecule has 0 bridgehead atoms. The van der Waals surface area contributed by atoms with Gasteiger partial charge in [-0.15, -0.1) is 0 Å². The summed E-state index contributed by atoms with van der Waals surface area (Å²) in [5.74, 6) is 1.80. The zero-order valence-electron chi connectivity index (χ0n) is 23.8. The van der Waals surface area contributed by atoms with Crippen LogP contribution in [-0.2, 0) is 16.0 Å². The number of rotatable bonds is 7. The lowest BCUT2D eigenvalue weighted by Crippen LogP contribution is -2.37. The van der Waals surface area contributed by atoms with E-state index in [1.807, 2.05) is 43.3 Å². The molecule has 2 aliphatic rings. The summed E-state index contributed by atoms with van der Waals surface area (Å²) in [4.78, 5) is 26.8. The molecular formula is C30H39N5O5. The number of hydrogen-bond donors (Lipinski definition) is 1. The first-order valence-corrected chi connectivity index (χ1v) is 13.5. The second-order valence-corrected chi connectivity index (χ2v) is 9.59. The van der Waals surface area contributed by atoms with Crippen molar-refractivity contribution < 1.29 is 23.7 Å². The number of hydrogen-bond acceptors (Lipinski definition) is 9. The van der Waals surface area contributed by atoms with Crippen LogP contribution in [0.25, 0.3) is 11.3 Å². The average molecular weight is 550 g/mol. The van der Waals surface area contributed by atoms with Crippen LogP contribution in [0.4, 0.5) is 5.95 Å². The number of aryl methyl sites for hydroxylation is 1. The van der Waals surface area contributed by atoms with E-state index in [1.54, 1.807) is 38.4 Å². The molecule has 2 aromatic carbocycles. The van der Waals surface area contributed by atoms with Gasteiger partial charge in [0.2, 0.25) is 5.95 Å². The van der Waals surface area contributed by atoms with E-state index < -0.39 is 0 Å². The van der Waals surface area contributed by atoms with Gasteiger partial charge in [-0.25, -0.2) is 9.97 Å². The van der Waals surface area contributed by atoms with Gasteiger partial charge in [0.25, 0.3) is 5.91 Å². The number of nitrogens with zero attached hydrogens (tertiary/aromatic N) is 4. The molecule has 1 aromatic heterocycles. The summed E-state index contributed by atoms with van der Waals surface area (Å²) in [5.41, 5.74) is 3.95. The van der Waals surface area contributed by atoms with Crippen LogP contribution in [-0.4, -0.2) is 94.6 Å². The predicted molar refractivity (Wildman–Crippen MR) is 154 cm³/mol. The second kappa shape index (κ2) is 14.6. The highest BCUT2D eigenvalue weighted by atomic mass is 16.5. The summed E-state index contributed by atoms with van der Waals surface area (Å²) >= 11 is 0. The van der Waals surface area contributed by atoms with Gasteiger partial charge in [-0.2, -0.15) is 0 Å². The van der Waals surface area contributed by atoms with Gasteiger partial charge in [0.1, 0.15) is 11.5 Å². The molecule has 3 aromatic rings. The van der Waals surface area contributed by atoms with Crippen LogP contribution in [0.1, 0.15) is 21.5 Å². The average Bonchev–Trinajstić information content (AvgIpc) is 3.02. The third-order valence-corrected chi connectivity index (χ3v) is 6.72. The molecular weight excluding hydrogens is 510 g/mol. The number of morpholine rings is 2. The van der Waals surface area contributed by atoms with E-state index in [0.717, 1.165) is 56.1 Å². The Morgan fingerprint density at radius 1 is 1.00 bits per heavy atom. The lowest BCUT2D eigenvalue weighted by atomic mass is 10.0. The number of benzene rings is 2. The van der Waals surface area contributed by atoms with Crippen LogP contribution >= 0.6 is 0 Å². The highest BCUT2D eigenvalue weighted by Crippen LogP contribution is 2.29. The maximum Gasteiger partial charge on any atom is 0.257 e. The largest absolute Gasteiger partial charge is 0.497 e. The summed E-state index contributed by atoms with van der Waals surface area (Å²) in [6.45, 7) is 8.94. The van der Waals surface area contributed by atoms with Crippen molar-refractivity contribution in [1.82, 2.24) is 20.2 Å². The summed E-state index contributed by atoms with van der Waals surface area (Å²) in [7, 11) is 4.98. The smallest absolute Gasteiger partial charge is 0.257 e. The number of ether oxygens (including phenoxy) is 4. The van der Waals surface area contributed by atoms with Gasteiger partial charge in [0.05, 0.1) is 51.9 Å². The number of nitrogens with one attached hydrogen (secondary N) is 1. The van der Waals surface area contributed by atoms with Gasteiger partial charge in [0, 0.05) is 57.6 Å². The maximum atomic E-state index is 13.6.